The van der Waals surface area contributed by atoms with Gasteiger partial charge in [0.1, 0.15) is 5.75 Å². The monoisotopic (exact) mass is 296 g/mol. The molecular weight excluding hydrogens is 280 g/mol. The number of ether oxygens (including phenoxy) is 1. The van der Waals surface area contributed by atoms with Crippen LogP contribution in [-0.2, 0) is 9.59 Å². The topological polar surface area (TPSA) is 67.4 Å². The van der Waals surface area contributed by atoms with Gasteiger partial charge in [0.05, 0.1) is 0 Å². The molecule has 1 atom stereocenters. The van der Waals surface area contributed by atoms with Gasteiger partial charge in [-0.3, -0.25) is 9.59 Å². The molecule has 2 rings (SSSR count). The number of rotatable bonds is 4. The summed E-state index contributed by atoms with van der Waals surface area (Å²) in [5.41, 5.74) is 0.902. The van der Waals surface area contributed by atoms with E-state index >= 15 is 0 Å². The van der Waals surface area contributed by atoms with Crippen molar-refractivity contribution in [3.8, 4) is 5.75 Å². The molecular formula is C14H17ClN2O3. The minimum absolute atomic E-state index is 0.0178. The number of piperidine rings is 1. The fourth-order valence-corrected chi connectivity index (χ4v) is 2.10. The van der Waals surface area contributed by atoms with Crippen LogP contribution < -0.4 is 15.4 Å². The number of carbonyl (C=O) groups is 2. The molecule has 0 aliphatic carbocycles. The van der Waals surface area contributed by atoms with E-state index in [-0.39, 0.29) is 24.5 Å². The average Bonchev–Trinajstić information content (AvgIpc) is 2.43. The number of benzene rings is 1. The van der Waals surface area contributed by atoms with Gasteiger partial charge in [0, 0.05) is 24.0 Å². The summed E-state index contributed by atoms with van der Waals surface area (Å²) in [6, 6.07) is 5.23. The van der Waals surface area contributed by atoms with E-state index in [2.05, 4.69) is 10.6 Å². The molecule has 6 heteroatoms. The Morgan fingerprint density at radius 1 is 1.55 bits per heavy atom. The lowest BCUT2D eigenvalue weighted by atomic mass is 10.1. The van der Waals surface area contributed by atoms with E-state index in [0.717, 1.165) is 5.56 Å². The molecule has 0 saturated carbocycles. The first kappa shape index (κ1) is 14.7. The van der Waals surface area contributed by atoms with Crippen LogP contribution in [0.5, 0.6) is 5.75 Å². The Balaban J connectivity index is 1.77. The first-order chi connectivity index (χ1) is 9.54. The van der Waals surface area contributed by atoms with Crippen molar-refractivity contribution in [2.45, 2.75) is 25.8 Å². The van der Waals surface area contributed by atoms with E-state index in [1.165, 1.54) is 0 Å². The maximum atomic E-state index is 11.7. The number of carbonyl (C=O) groups excluding carboxylic acids is 2. The molecule has 2 N–H and O–H groups in total. The first-order valence-electron chi connectivity index (χ1n) is 6.49. The van der Waals surface area contributed by atoms with Crippen molar-refractivity contribution in [1.82, 2.24) is 10.6 Å². The molecule has 1 aromatic rings. The second-order valence-corrected chi connectivity index (χ2v) is 5.21. The second-order valence-electron chi connectivity index (χ2n) is 4.81. The highest BCUT2D eigenvalue weighted by atomic mass is 35.5. The molecule has 0 spiro atoms. The molecule has 1 aliphatic rings. The number of nitrogens with one attached hydrogen (secondary N) is 2. The van der Waals surface area contributed by atoms with Gasteiger partial charge in [-0.2, -0.15) is 0 Å². The number of aryl methyl sites for hydroxylation is 1. The molecule has 0 bridgehead atoms. The van der Waals surface area contributed by atoms with Crippen molar-refractivity contribution in [1.29, 1.82) is 0 Å². The Bertz CT molecular complexity index is 509. The summed E-state index contributed by atoms with van der Waals surface area (Å²) in [4.78, 5) is 22.7. The minimum atomic E-state index is -0.196. The van der Waals surface area contributed by atoms with Crippen LogP contribution in [0, 0.1) is 6.92 Å². The van der Waals surface area contributed by atoms with E-state index in [1.807, 2.05) is 6.92 Å². The Hall–Kier alpha value is -1.75. The van der Waals surface area contributed by atoms with Crippen LogP contribution in [0.15, 0.2) is 18.2 Å². The summed E-state index contributed by atoms with van der Waals surface area (Å²) < 4.78 is 5.41. The van der Waals surface area contributed by atoms with E-state index in [4.69, 9.17) is 16.3 Å². The third-order valence-electron chi connectivity index (χ3n) is 3.13. The largest absolute Gasteiger partial charge is 0.484 e. The molecule has 1 fully saturated rings. The van der Waals surface area contributed by atoms with Crippen LogP contribution in [0.1, 0.15) is 18.4 Å². The van der Waals surface area contributed by atoms with Crippen LogP contribution in [0.3, 0.4) is 0 Å². The van der Waals surface area contributed by atoms with Gasteiger partial charge in [-0.1, -0.05) is 11.6 Å². The molecule has 1 unspecified atom stereocenters. The van der Waals surface area contributed by atoms with Gasteiger partial charge in [-0.25, -0.2) is 0 Å². The van der Waals surface area contributed by atoms with Crippen LogP contribution in [0.4, 0.5) is 0 Å². The summed E-state index contributed by atoms with van der Waals surface area (Å²) in [5.74, 6) is 0.445. The van der Waals surface area contributed by atoms with Crippen LogP contribution in [-0.4, -0.2) is 31.0 Å². The van der Waals surface area contributed by atoms with E-state index < -0.39 is 0 Å². The van der Waals surface area contributed by atoms with E-state index in [9.17, 15) is 9.59 Å². The molecule has 108 valence electrons. The summed E-state index contributed by atoms with van der Waals surface area (Å²) >= 11 is 5.91. The Kier molecular flexibility index (Phi) is 4.84. The maximum absolute atomic E-state index is 11.7. The van der Waals surface area contributed by atoms with Crippen molar-refractivity contribution >= 4 is 23.4 Å². The van der Waals surface area contributed by atoms with Crippen molar-refractivity contribution < 1.29 is 14.3 Å². The molecule has 1 aromatic carbocycles. The van der Waals surface area contributed by atoms with Gasteiger partial charge in [-0.05, 0) is 37.1 Å². The van der Waals surface area contributed by atoms with E-state index in [1.54, 1.807) is 18.2 Å². The van der Waals surface area contributed by atoms with Gasteiger partial charge >= 0.3 is 0 Å². The smallest absolute Gasteiger partial charge is 0.258 e. The SMILES string of the molecule is Cc1cc(OCC(=O)NC2CCC(=O)NC2)ccc1Cl. The number of hydrogen-bond acceptors (Lipinski definition) is 3. The number of amides is 2. The van der Waals surface area contributed by atoms with Crippen LogP contribution in [0.2, 0.25) is 5.02 Å². The predicted molar refractivity (Wildman–Crippen MR) is 75.9 cm³/mol. The second kappa shape index (κ2) is 6.61. The predicted octanol–water partition coefficient (Wildman–Crippen LogP) is 1.42. The lowest BCUT2D eigenvalue weighted by molar-refractivity contribution is -0.126. The Morgan fingerprint density at radius 2 is 2.35 bits per heavy atom. The normalized spacial score (nSPS) is 18.3. The molecule has 0 aromatic heterocycles. The van der Waals surface area contributed by atoms with Crippen molar-refractivity contribution in [3.63, 3.8) is 0 Å². The van der Waals surface area contributed by atoms with Crippen molar-refractivity contribution in [2.75, 3.05) is 13.2 Å². The standard InChI is InChI=1S/C14H17ClN2O3/c1-9-6-11(3-4-12(9)15)20-8-14(19)17-10-2-5-13(18)16-7-10/h3-4,6,10H,2,5,7-8H2,1H3,(H,16,18)(H,17,19). The van der Waals surface area contributed by atoms with Gasteiger partial charge in [0.2, 0.25) is 5.91 Å². The van der Waals surface area contributed by atoms with Crippen molar-refractivity contribution in [3.05, 3.63) is 28.8 Å². The highest BCUT2D eigenvalue weighted by Gasteiger charge is 2.19. The summed E-state index contributed by atoms with van der Waals surface area (Å²) in [7, 11) is 0. The maximum Gasteiger partial charge on any atom is 0.258 e. The molecule has 1 heterocycles. The fraction of sp³-hybridized carbons (Fsp3) is 0.429. The third-order valence-corrected chi connectivity index (χ3v) is 3.55. The van der Waals surface area contributed by atoms with Crippen LogP contribution in [0.25, 0.3) is 0 Å². The lowest BCUT2D eigenvalue weighted by Gasteiger charge is -2.23. The third kappa shape index (κ3) is 4.13. The first-order valence-corrected chi connectivity index (χ1v) is 6.87. The van der Waals surface area contributed by atoms with Crippen molar-refractivity contribution in [2.24, 2.45) is 0 Å². The Labute approximate surface area is 122 Å². The fourth-order valence-electron chi connectivity index (χ4n) is 1.98. The molecule has 0 radical (unpaired) electrons. The zero-order valence-electron chi connectivity index (χ0n) is 11.2. The average molecular weight is 297 g/mol. The Morgan fingerprint density at radius 3 is 3.00 bits per heavy atom. The lowest BCUT2D eigenvalue weighted by Crippen LogP contribution is -2.48. The highest BCUT2D eigenvalue weighted by molar-refractivity contribution is 6.31. The van der Waals surface area contributed by atoms with Gasteiger partial charge in [-0.15, -0.1) is 0 Å². The minimum Gasteiger partial charge on any atom is -0.484 e. The molecule has 5 nitrogen and oxygen atoms in total. The molecule has 2 amide bonds. The molecule has 1 aliphatic heterocycles. The number of halogens is 1. The van der Waals surface area contributed by atoms with Crippen LogP contribution >= 0.6 is 11.6 Å². The van der Waals surface area contributed by atoms with Gasteiger partial charge in [0.15, 0.2) is 6.61 Å². The highest BCUT2D eigenvalue weighted by Crippen LogP contribution is 2.20. The zero-order chi connectivity index (χ0) is 14.5. The van der Waals surface area contributed by atoms with Gasteiger partial charge in [0.25, 0.3) is 5.91 Å². The quantitative estimate of drug-likeness (QED) is 0.883. The molecule has 20 heavy (non-hydrogen) atoms. The van der Waals surface area contributed by atoms with Gasteiger partial charge < -0.3 is 15.4 Å². The summed E-state index contributed by atoms with van der Waals surface area (Å²) in [6.45, 7) is 2.30. The summed E-state index contributed by atoms with van der Waals surface area (Å²) in [5, 5.41) is 6.21. The van der Waals surface area contributed by atoms with E-state index in [0.29, 0.717) is 30.2 Å². The zero-order valence-corrected chi connectivity index (χ0v) is 12.0. The number of hydrogen-bond donors (Lipinski definition) is 2. The summed E-state index contributed by atoms with van der Waals surface area (Å²) in [6.07, 6.45) is 1.11. The molecule has 1 saturated heterocycles.